The van der Waals surface area contributed by atoms with E-state index in [4.69, 9.17) is 22.1 Å². The van der Waals surface area contributed by atoms with Crippen LogP contribution < -0.4 is 5.73 Å². The van der Waals surface area contributed by atoms with Gasteiger partial charge in [-0.25, -0.2) is 19.9 Å². The summed E-state index contributed by atoms with van der Waals surface area (Å²) in [4.78, 5) is 21.8. The molecule has 0 radical (unpaired) electrons. The largest absolute Gasteiger partial charge is 0.416 e. The molecule has 1 fully saturated rings. The molecule has 0 aliphatic carbocycles. The van der Waals surface area contributed by atoms with E-state index in [1.54, 1.807) is 0 Å². The first-order valence-corrected chi connectivity index (χ1v) is 13.3. The van der Waals surface area contributed by atoms with Gasteiger partial charge >= 0.3 is 6.18 Å². The van der Waals surface area contributed by atoms with Crippen LogP contribution in [0.25, 0.3) is 22.2 Å². The fourth-order valence-electron chi connectivity index (χ4n) is 4.97. The highest BCUT2D eigenvalue weighted by Gasteiger charge is 2.45. The highest BCUT2D eigenvalue weighted by atomic mass is 35.5. The molecule has 4 atom stereocenters. The van der Waals surface area contributed by atoms with E-state index in [0.717, 1.165) is 18.6 Å². The number of alkyl halides is 3. The van der Waals surface area contributed by atoms with Crippen LogP contribution in [0.1, 0.15) is 44.3 Å². The van der Waals surface area contributed by atoms with Gasteiger partial charge in [0.1, 0.15) is 36.0 Å². The zero-order chi connectivity index (χ0) is 28.8. The Morgan fingerprint density at radius 3 is 2.67 bits per heavy atom. The lowest BCUT2D eigenvalue weighted by atomic mass is 10.1. The van der Waals surface area contributed by atoms with E-state index < -0.39 is 36.3 Å². The zero-order valence-corrected chi connectivity index (χ0v) is 22.6. The summed E-state index contributed by atoms with van der Waals surface area (Å²) in [5.74, 6) is 0.765. The van der Waals surface area contributed by atoms with Gasteiger partial charge in [-0.1, -0.05) is 11.6 Å². The summed E-state index contributed by atoms with van der Waals surface area (Å²) in [6.07, 6.45) is -3.65. The number of aryl methyl sites for hydroxylation is 1. The van der Waals surface area contributed by atoms with Crippen molar-refractivity contribution in [1.29, 1.82) is 0 Å². The number of aromatic nitrogens is 6. The molecule has 1 aromatic carbocycles. The van der Waals surface area contributed by atoms with Gasteiger partial charge in [-0.2, -0.15) is 13.2 Å². The van der Waals surface area contributed by atoms with E-state index in [0.29, 0.717) is 48.4 Å². The van der Waals surface area contributed by atoms with Gasteiger partial charge in [0.25, 0.3) is 0 Å². The van der Waals surface area contributed by atoms with E-state index in [1.165, 1.54) is 17.2 Å². The molecule has 0 unspecified atom stereocenters. The van der Waals surface area contributed by atoms with Crippen LogP contribution in [0.15, 0.2) is 24.8 Å². The topological polar surface area (TPSA) is 151 Å². The molecule has 5 N–H and O–H groups in total. The first kappa shape index (κ1) is 28.5. The van der Waals surface area contributed by atoms with Crippen molar-refractivity contribution in [3.63, 3.8) is 0 Å². The number of aromatic amines is 1. The number of halogens is 4. The number of aliphatic hydroxyl groups excluding tert-OH is 2. The highest BCUT2D eigenvalue weighted by molar-refractivity contribution is 6.35. The Balaban J connectivity index is 1.19. The molecule has 5 rings (SSSR count). The smallest absolute Gasteiger partial charge is 0.387 e. The van der Waals surface area contributed by atoms with Crippen molar-refractivity contribution in [3.05, 3.63) is 41.2 Å². The standard InChI is InChI=1S/C25H30ClF3N8O3/c1-12(2)36(6-4-3-5-17-34-15-8-13(25(27,28)29)7-14(26)18(15)35-17)9-16-20(38)21(39)24(40-16)37-11-33-19-22(30)31-10-32-23(19)37/h7-8,10-12,16,20-21,24,38-39H,3-6,9H2,1-2H3,(H,34,35)(H2,30,31,32)/t16-,20-,21-,24-/m1/s1. The van der Waals surface area contributed by atoms with Gasteiger partial charge in [0.05, 0.1) is 27.9 Å². The Hall–Kier alpha value is -3.04. The van der Waals surface area contributed by atoms with Gasteiger partial charge in [-0.05, 0) is 45.4 Å². The number of nitrogens with two attached hydrogens (primary N) is 1. The molecule has 1 saturated heterocycles. The van der Waals surface area contributed by atoms with Crippen molar-refractivity contribution in [2.24, 2.45) is 0 Å². The summed E-state index contributed by atoms with van der Waals surface area (Å²) in [6, 6.07) is 2.01. The van der Waals surface area contributed by atoms with Gasteiger partial charge in [-0.15, -0.1) is 0 Å². The predicted molar refractivity (Wildman–Crippen MR) is 141 cm³/mol. The number of benzene rings is 1. The number of aliphatic hydroxyl groups is 2. The number of nitrogens with zero attached hydrogens (tertiary/aromatic N) is 6. The summed E-state index contributed by atoms with van der Waals surface area (Å²) >= 11 is 6.06. The number of nitrogens with one attached hydrogen (secondary N) is 1. The molecular formula is C25H30ClF3N8O3. The molecule has 11 nitrogen and oxygen atoms in total. The second-order valence-corrected chi connectivity index (χ2v) is 10.6. The molecule has 0 spiro atoms. The second-order valence-electron chi connectivity index (χ2n) is 10.2. The van der Waals surface area contributed by atoms with Crippen LogP contribution in [-0.2, 0) is 17.3 Å². The number of H-pyrrole nitrogens is 1. The molecule has 4 aromatic rings. The molecule has 4 heterocycles. The van der Waals surface area contributed by atoms with Crippen molar-refractivity contribution in [3.8, 4) is 0 Å². The van der Waals surface area contributed by atoms with Crippen LogP contribution in [0.2, 0.25) is 5.02 Å². The van der Waals surface area contributed by atoms with Crippen molar-refractivity contribution < 1.29 is 28.1 Å². The molecule has 0 amide bonds. The predicted octanol–water partition coefficient (Wildman–Crippen LogP) is 3.31. The lowest BCUT2D eigenvalue weighted by Gasteiger charge is -2.30. The summed E-state index contributed by atoms with van der Waals surface area (Å²) < 4.78 is 46.9. The number of fused-ring (bicyclic) bond motifs is 2. The third kappa shape index (κ3) is 5.59. The minimum atomic E-state index is -4.50. The summed E-state index contributed by atoms with van der Waals surface area (Å²) in [5.41, 5.74) is 6.36. The van der Waals surface area contributed by atoms with Crippen LogP contribution in [-0.4, -0.2) is 82.0 Å². The number of anilines is 1. The molecule has 3 aromatic heterocycles. The third-order valence-corrected chi connectivity index (χ3v) is 7.47. The van der Waals surface area contributed by atoms with Gasteiger partial charge in [-0.3, -0.25) is 9.47 Å². The molecule has 216 valence electrons. The maximum atomic E-state index is 13.1. The Bertz CT molecular complexity index is 1490. The second kappa shape index (κ2) is 11.1. The average molecular weight is 583 g/mol. The van der Waals surface area contributed by atoms with E-state index in [9.17, 15) is 23.4 Å². The number of hydrogen-bond donors (Lipinski definition) is 4. The molecule has 40 heavy (non-hydrogen) atoms. The zero-order valence-electron chi connectivity index (χ0n) is 21.8. The number of nitrogen functional groups attached to an aromatic ring is 1. The fraction of sp³-hybridized carbons (Fsp3) is 0.520. The minimum absolute atomic E-state index is 0.0234. The SMILES string of the molecule is CC(C)N(CCCCc1nc2cc(C(F)(F)F)cc(Cl)c2[nH]1)C[C@H]1O[C@@H](n2cnc3c(N)ncnc32)[C@H](O)[C@@H]1O. The van der Waals surface area contributed by atoms with E-state index >= 15 is 0 Å². The van der Waals surface area contributed by atoms with Crippen LogP contribution in [0.3, 0.4) is 0 Å². The molecule has 15 heteroatoms. The van der Waals surface area contributed by atoms with Crippen LogP contribution in [0.5, 0.6) is 0 Å². The molecule has 1 aliphatic rings. The number of ether oxygens (including phenoxy) is 1. The van der Waals surface area contributed by atoms with Crippen molar-refractivity contribution in [2.75, 3.05) is 18.8 Å². The summed E-state index contributed by atoms with van der Waals surface area (Å²) in [5, 5.41) is 21.5. The fourth-order valence-corrected chi connectivity index (χ4v) is 5.23. The first-order valence-electron chi connectivity index (χ1n) is 12.9. The van der Waals surface area contributed by atoms with Crippen LogP contribution in [0, 0.1) is 0 Å². The molecular weight excluding hydrogens is 553 g/mol. The lowest BCUT2D eigenvalue weighted by molar-refractivity contribution is -0.137. The Kier molecular flexibility index (Phi) is 7.90. The maximum absolute atomic E-state index is 13.1. The monoisotopic (exact) mass is 582 g/mol. The van der Waals surface area contributed by atoms with Crippen molar-refractivity contribution in [2.45, 2.75) is 69.9 Å². The van der Waals surface area contributed by atoms with Crippen molar-refractivity contribution >= 4 is 39.6 Å². The molecule has 1 aliphatic heterocycles. The molecule has 0 bridgehead atoms. The normalized spacial score (nSPS) is 21.9. The third-order valence-electron chi connectivity index (χ3n) is 7.17. The number of imidazole rings is 2. The van der Waals surface area contributed by atoms with Gasteiger partial charge in [0.15, 0.2) is 17.7 Å². The minimum Gasteiger partial charge on any atom is -0.387 e. The summed E-state index contributed by atoms with van der Waals surface area (Å²) in [7, 11) is 0. The highest BCUT2D eigenvalue weighted by Crippen LogP contribution is 2.35. The van der Waals surface area contributed by atoms with Crippen molar-refractivity contribution in [1.82, 2.24) is 34.4 Å². The van der Waals surface area contributed by atoms with E-state index in [-0.39, 0.29) is 22.4 Å². The van der Waals surface area contributed by atoms with Gasteiger partial charge in [0, 0.05) is 19.0 Å². The number of unbranched alkanes of at least 4 members (excludes halogenated alkanes) is 1. The van der Waals surface area contributed by atoms with Crippen LogP contribution in [0.4, 0.5) is 19.0 Å². The number of hydrogen-bond acceptors (Lipinski definition) is 9. The first-order chi connectivity index (χ1) is 18.9. The Morgan fingerprint density at radius 2 is 1.95 bits per heavy atom. The lowest BCUT2D eigenvalue weighted by Crippen LogP contribution is -2.43. The van der Waals surface area contributed by atoms with Gasteiger partial charge in [0.2, 0.25) is 0 Å². The Labute approximate surface area is 232 Å². The van der Waals surface area contributed by atoms with Crippen LogP contribution >= 0.6 is 11.6 Å². The quantitative estimate of drug-likeness (QED) is 0.218. The summed E-state index contributed by atoms with van der Waals surface area (Å²) in [6.45, 7) is 5.09. The molecule has 0 saturated carbocycles. The van der Waals surface area contributed by atoms with Gasteiger partial charge < -0.3 is 25.7 Å². The van der Waals surface area contributed by atoms with E-state index in [2.05, 4.69) is 29.8 Å². The Morgan fingerprint density at radius 1 is 1.18 bits per heavy atom. The van der Waals surface area contributed by atoms with E-state index in [1.807, 2.05) is 13.8 Å². The number of rotatable bonds is 9. The maximum Gasteiger partial charge on any atom is 0.416 e. The average Bonchev–Trinajstić information content (AvgIpc) is 3.58.